The Balaban J connectivity index is 2.80. The molecule has 0 amide bonds. The molecule has 1 N–H and O–H groups in total. The van der Waals surface area contributed by atoms with Gasteiger partial charge in [-0.15, -0.1) is 0 Å². The Labute approximate surface area is 133 Å². The van der Waals surface area contributed by atoms with Crippen molar-refractivity contribution in [1.29, 1.82) is 0 Å². The molecular formula is C16H12F6O2. The van der Waals surface area contributed by atoms with E-state index in [1.807, 2.05) is 0 Å². The molecule has 2 nitrogen and oxygen atoms in total. The molecule has 0 aliphatic carbocycles. The van der Waals surface area contributed by atoms with Gasteiger partial charge >= 0.3 is 12.4 Å². The van der Waals surface area contributed by atoms with Gasteiger partial charge in [-0.2, -0.15) is 26.3 Å². The number of benzene rings is 2. The second-order valence-electron chi connectivity index (χ2n) is 4.98. The highest BCUT2D eigenvalue weighted by molar-refractivity contribution is 5.46. The van der Waals surface area contributed by atoms with Crippen molar-refractivity contribution in [2.45, 2.75) is 18.0 Å². The van der Waals surface area contributed by atoms with Gasteiger partial charge in [0, 0.05) is 11.1 Å². The third-order valence-electron chi connectivity index (χ3n) is 3.52. The standard InChI is InChI=1S/C16H12F6O2/c1-24-11-6-4-5-10(9-11)14(23,16(20,21)22)12-7-2-3-8-13(12)15(17,18)19/h2-9,23H,1H3. The van der Waals surface area contributed by atoms with Crippen LogP contribution >= 0.6 is 0 Å². The van der Waals surface area contributed by atoms with Crippen LogP contribution in [0.25, 0.3) is 0 Å². The Hall–Kier alpha value is -2.22. The van der Waals surface area contributed by atoms with E-state index < -0.39 is 34.6 Å². The van der Waals surface area contributed by atoms with E-state index in [0.717, 1.165) is 30.3 Å². The molecule has 0 saturated heterocycles. The van der Waals surface area contributed by atoms with Gasteiger partial charge in [-0.3, -0.25) is 0 Å². The predicted octanol–water partition coefficient (Wildman–Crippen LogP) is 4.51. The zero-order valence-corrected chi connectivity index (χ0v) is 12.2. The van der Waals surface area contributed by atoms with E-state index >= 15 is 0 Å². The Kier molecular flexibility index (Phi) is 4.54. The van der Waals surface area contributed by atoms with E-state index in [4.69, 9.17) is 4.74 Å². The maximum Gasteiger partial charge on any atom is 0.425 e. The summed E-state index contributed by atoms with van der Waals surface area (Å²) in [6, 6.07) is 7.26. The van der Waals surface area contributed by atoms with Crippen LogP contribution in [-0.4, -0.2) is 18.4 Å². The fourth-order valence-corrected chi connectivity index (χ4v) is 2.37. The van der Waals surface area contributed by atoms with Crippen molar-refractivity contribution in [3.8, 4) is 5.75 Å². The van der Waals surface area contributed by atoms with Crippen LogP contribution in [0.15, 0.2) is 48.5 Å². The lowest BCUT2D eigenvalue weighted by Crippen LogP contribution is -2.44. The van der Waals surface area contributed by atoms with Crippen LogP contribution in [0, 0.1) is 0 Å². The summed E-state index contributed by atoms with van der Waals surface area (Å²) in [5.74, 6) is -0.0281. The molecule has 0 spiro atoms. The van der Waals surface area contributed by atoms with Crippen molar-refractivity contribution in [2.75, 3.05) is 7.11 Å². The highest BCUT2D eigenvalue weighted by atomic mass is 19.4. The van der Waals surface area contributed by atoms with Crippen LogP contribution in [-0.2, 0) is 11.8 Å². The average molecular weight is 350 g/mol. The Morgan fingerprint density at radius 3 is 1.92 bits per heavy atom. The molecule has 24 heavy (non-hydrogen) atoms. The number of aliphatic hydroxyl groups is 1. The number of hydrogen-bond donors (Lipinski definition) is 1. The first-order valence-corrected chi connectivity index (χ1v) is 6.62. The molecule has 1 unspecified atom stereocenters. The average Bonchev–Trinajstić information content (AvgIpc) is 2.52. The summed E-state index contributed by atoms with van der Waals surface area (Å²) in [6.07, 6.45) is -10.4. The molecule has 0 radical (unpaired) electrons. The molecule has 8 heteroatoms. The summed E-state index contributed by atoms with van der Waals surface area (Å²) in [4.78, 5) is 0. The minimum absolute atomic E-state index is 0.0281. The van der Waals surface area contributed by atoms with Gasteiger partial charge in [0.2, 0.25) is 5.60 Å². The van der Waals surface area contributed by atoms with Crippen molar-refractivity contribution in [3.05, 3.63) is 65.2 Å². The highest BCUT2D eigenvalue weighted by Crippen LogP contribution is 2.48. The van der Waals surface area contributed by atoms with E-state index in [1.54, 1.807) is 0 Å². The first-order chi connectivity index (χ1) is 11.0. The molecule has 2 aromatic carbocycles. The molecule has 0 heterocycles. The van der Waals surface area contributed by atoms with Crippen LogP contribution in [0.4, 0.5) is 26.3 Å². The molecule has 2 rings (SSSR count). The molecular weight excluding hydrogens is 338 g/mol. The molecule has 0 fully saturated rings. The van der Waals surface area contributed by atoms with E-state index in [0.29, 0.717) is 12.1 Å². The maximum absolute atomic E-state index is 13.6. The van der Waals surface area contributed by atoms with Crippen LogP contribution in [0.5, 0.6) is 5.75 Å². The van der Waals surface area contributed by atoms with Gasteiger partial charge in [-0.05, 0) is 18.2 Å². The first kappa shape index (κ1) is 18.1. The van der Waals surface area contributed by atoms with Crippen LogP contribution in [0.3, 0.4) is 0 Å². The summed E-state index contributed by atoms with van der Waals surface area (Å²) in [7, 11) is 1.19. The number of ether oxygens (including phenoxy) is 1. The van der Waals surface area contributed by atoms with Crippen molar-refractivity contribution >= 4 is 0 Å². The van der Waals surface area contributed by atoms with E-state index in [1.165, 1.54) is 13.2 Å². The van der Waals surface area contributed by atoms with Gasteiger partial charge < -0.3 is 9.84 Å². The lowest BCUT2D eigenvalue weighted by molar-refractivity contribution is -0.250. The summed E-state index contributed by atoms with van der Waals surface area (Å²) >= 11 is 0. The zero-order valence-electron chi connectivity index (χ0n) is 12.2. The van der Waals surface area contributed by atoms with E-state index in [-0.39, 0.29) is 5.75 Å². The maximum atomic E-state index is 13.6. The van der Waals surface area contributed by atoms with Gasteiger partial charge in [-0.1, -0.05) is 30.3 Å². The van der Waals surface area contributed by atoms with Gasteiger partial charge in [0.25, 0.3) is 0 Å². The minimum Gasteiger partial charge on any atom is -0.497 e. The van der Waals surface area contributed by atoms with Crippen LogP contribution < -0.4 is 4.74 Å². The lowest BCUT2D eigenvalue weighted by atomic mass is 9.82. The van der Waals surface area contributed by atoms with Crippen molar-refractivity contribution in [2.24, 2.45) is 0 Å². The molecule has 2 aromatic rings. The molecule has 0 saturated carbocycles. The molecule has 1 atom stereocenters. The quantitative estimate of drug-likeness (QED) is 0.826. The molecule has 0 bridgehead atoms. The second kappa shape index (κ2) is 6.01. The third kappa shape index (κ3) is 3.06. The van der Waals surface area contributed by atoms with Crippen molar-refractivity contribution < 1.29 is 36.2 Å². The highest BCUT2D eigenvalue weighted by Gasteiger charge is 2.58. The molecule has 130 valence electrons. The number of halogens is 6. The number of methoxy groups -OCH3 is 1. The SMILES string of the molecule is COc1cccc(C(O)(c2ccccc2C(F)(F)F)C(F)(F)F)c1. The van der Waals surface area contributed by atoms with E-state index in [2.05, 4.69) is 0 Å². The Bertz CT molecular complexity index is 723. The second-order valence-corrected chi connectivity index (χ2v) is 4.98. The van der Waals surface area contributed by atoms with Gasteiger partial charge in [0.15, 0.2) is 0 Å². The Morgan fingerprint density at radius 2 is 1.42 bits per heavy atom. The zero-order chi connectivity index (χ0) is 18.2. The summed E-state index contributed by atoms with van der Waals surface area (Å²) in [5, 5.41) is 10.4. The van der Waals surface area contributed by atoms with Crippen molar-refractivity contribution in [1.82, 2.24) is 0 Å². The fourth-order valence-electron chi connectivity index (χ4n) is 2.37. The van der Waals surface area contributed by atoms with Gasteiger partial charge in [0.1, 0.15) is 5.75 Å². The summed E-state index contributed by atoms with van der Waals surface area (Å²) in [5.41, 5.74) is -7.47. The third-order valence-corrected chi connectivity index (χ3v) is 3.52. The van der Waals surface area contributed by atoms with Crippen molar-refractivity contribution in [3.63, 3.8) is 0 Å². The number of rotatable bonds is 3. The van der Waals surface area contributed by atoms with Gasteiger partial charge in [0.05, 0.1) is 12.7 Å². The predicted molar refractivity (Wildman–Crippen MR) is 73.5 cm³/mol. The topological polar surface area (TPSA) is 29.5 Å². The largest absolute Gasteiger partial charge is 0.497 e. The molecule has 0 aromatic heterocycles. The van der Waals surface area contributed by atoms with Crippen LogP contribution in [0.1, 0.15) is 16.7 Å². The number of hydrogen-bond acceptors (Lipinski definition) is 2. The number of alkyl halides is 6. The summed E-state index contributed by atoms with van der Waals surface area (Å²) in [6.45, 7) is 0. The minimum atomic E-state index is -5.39. The first-order valence-electron chi connectivity index (χ1n) is 6.62. The lowest BCUT2D eigenvalue weighted by Gasteiger charge is -2.33. The Morgan fingerprint density at radius 1 is 0.833 bits per heavy atom. The van der Waals surface area contributed by atoms with E-state index in [9.17, 15) is 31.4 Å². The van der Waals surface area contributed by atoms with Crippen LogP contribution in [0.2, 0.25) is 0 Å². The smallest absolute Gasteiger partial charge is 0.425 e. The van der Waals surface area contributed by atoms with Gasteiger partial charge in [-0.25, -0.2) is 0 Å². The fraction of sp³-hybridized carbons (Fsp3) is 0.250. The molecule has 0 aliphatic rings. The normalized spacial score (nSPS) is 15.0. The summed E-state index contributed by atoms with van der Waals surface area (Å²) < 4.78 is 85.0. The molecule has 0 aliphatic heterocycles. The monoisotopic (exact) mass is 350 g/mol.